The molecule has 3 nitrogen and oxygen atoms in total. The van der Waals surface area contributed by atoms with Gasteiger partial charge < -0.3 is 4.90 Å². The van der Waals surface area contributed by atoms with Crippen molar-refractivity contribution in [2.45, 2.75) is 51.6 Å². The first-order chi connectivity index (χ1) is 9.15. The van der Waals surface area contributed by atoms with Gasteiger partial charge in [-0.3, -0.25) is 4.79 Å². The monoisotopic (exact) mass is 256 g/mol. The van der Waals surface area contributed by atoms with E-state index in [4.69, 9.17) is 5.26 Å². The number of hydrogen-bond acceptors (Lipinski definition) is 2. The average Bonchev–Trinajstić information content (AvgIpc) is 2.80. The summed E-state index contributed by atoms with van der Waals surface area (Å²) in [5, 5.41) is 8.76. The second-order valence-electron chi connectivity index (χ2n) is 5.27. The van der Waals surface area contributed by atoms with Crippen LogP contribution in [0.2, 0.25) is 0 Å². The maximum Gasteiger partial charge on any atom is 0.227 e. The molecule has 1 heterocycles. The minimum absolute atomic E-state index is 0.210. The minimum atomic E-state index is 0.210. The SMILES string of the molecule is CCC1CCC(C)N1C(=O)Cc1ccc(C#N)cc1. The lowest BCUT2D eigenvalue weighted by Gasteiger charge is -2.28. The molecule has 0 N–H and O–H groups in total. The van der Waals surface area contributed by atoms with Crippen molar-refractivity contribution in [1.29, 1.82) is 5.26 Å². The Hall–Kier alpha value is -1.82. The minimum Gasteiger partial charge on any atom is -0.337 e. The summed E-state index contributed by atoms with van der Waals surface area (Å²) in [6, 6.07) is 10.1. The van der Waals surface area contributed by atoms with Gasteiger partial charge in [0, 0.05) is 12.1 Å². The molecule has 0 spiro atoms. The molecule has 0 radical (unpaired) electrons. The standard InChI is InChI=1S/C16H20N2O/c1-3-15-9-4-12(2)18(15)16(19)10-13-5-7-14(11-17)8-6-13/h5-8,12,15H,3-4,9-10H2,1-2H3. The lowest BCUT2D eigenvalue weighted by Crippen LogP contribution is -2.40. The van der Waals surface area contributed by atoms with Crippen molar-refractivity contribution >= 4 is 5.91 Å². The van der Waals surface area contributed by atoms with Crippen LogP contribution in [0, 0.1) is 11.3 Å². The zero-order chi connectivity index (χ0) is 13.8. The van der Waals surface area contributed by atoms with Gasteiger partial charge in [0.15, 0.2) is 0 Å². The number of nitriles is 1. The normalized spacial score (nSPS) is 22.3. The fourth-order valence-corrected chi connectivity index (χ4v) is 2.88. The third-order valence-electron chi connectivity index (χ3n) is 3.98. The summed E-state index contributed by atoms with van der Waals surface area (Å²) in [5.41, 5.74) is 1.62. The van der Waals surface area contributed by atoms with E-state index in [0.717, 1.165) is 24.8 Å². The first-order valence-corrected chi connectivity index (χ1v) is 6.96. The first-order valence-electron chi connectivity index (χ1n) is 6.96. The second kappa shape index (κ2) is 5.88. The van der Waals surface area contributed by atoms with Gasteiger partial charge >= 0.3 is 0 Å². The molecular weight excluding hydrogens is 236 g/mol. The summed E-state index contributed by atoms with van der Waals surface area (Å²) in [6.45, 7) is 4.27. The fourth-order valence-electron chi connectivity index (χ4n) is 2.88. The van der Waals surface area contributed by atoms with Crippen LogP contribution in [-0.2, 0) is 11.2 Å². The molecule has 0 aromatic heterocycles. The number of rotatable bonds is 3. The molecule has 1 aliphatic rings. The summed E-state index contributed by atoms with van der Waals surface area (Å²) < 4.78 is 0. The van der Waals surface area contributed by atoms with Crippen molar-refractivity contribution in [1.82, 2.24) is 4.90 Å². The van der Waals surface area contributed by atoms with Crippen LogP contribution in [-0.4, -0.2) is 22.9 Å². The fraction of sp³-hybridized carbons (Fsp3) is 0.500. The van der Waals surface area contributed by atoms with Crippen LogP contribution < -0.4 is 0 Å². The molecule has 2 rings (SSSR count). The molecule has 1 saturated heterocycles. The zero-order valence-corrected chi connectivity index (χ0v) is 11.6. The van der Waals surface area contributed by atoms with Crippen LogP contribution in [0.1, 0.15) is 44.2 Å². The highest BCUT2D eigenvalue weighted by atomic mass is 16.2. The average molecular weight is 256 g/mol. The van der Waals surface area contributed by atoms with Gasteiger partial charge in [0.2, 0.25) is 5.91 Å². The Bertz CT molecular complexity index is 486. The van der Waals surface area contributed by atoms with Crippen molar-refractivity contribution in [3.05, 3.63) is 35.4 Å². The maximum atomic E-state index is 12.4. The summed E-state index contributed by atoms with van der Waals surface area (Å²) in [4.78, 5) is 14.5. The van der Waals surface area contributed by atoms with E-state index < -0.39 is 0 Å². The molecule has 1 aliphatic heterocycles. The van der Waals surface area contributed by atoms with Gasteiger partial charge in [-0.15, -0.1) is 0 Å². The Morgan fingerprint density at radius 3 is 2.63 bits per heavy atom. The number of hydrogen-bond donors (Lipinski definition) is 0. The highest BCUT2D eigenvalue weighted by Crippen LogP contribution is 2.26. The van der Waals surface area contributed by atoms with Crippen molar-refractivity contribution in [2.24, 2.45) is 0 Å². The van der Waals surface area contributed by atoms with Gasteiger partial charge in [0.1, 0.15) is 0 Å². The topological polar surface area (TPSA) is 44.1 Å². The van der Waals surface area contributed by atoms with Crippen LogP contribution >= 0.6 is 0 Å². The predicted molar refractivity (Wildman–Crippen MR) is 74.5 cm³/mol. The smallest absolute Gasteiger partial charge is 0.227 e. The van der Waals surface area contributed by atoms with E-state index in [1.54, 1.807) is 12.1 Å². The highest BCUT2D eigenvalue weighted by Gasteiger charge is 2.32. The summed E-state index contributed by atoms with van der Waals surface area (Å²) >= 11 is 0. The Morgan fingerprint density at radius 1 is 1.37 bits per heavy atom. The van der Waals surface area contributed by atoms with E-state index >= 15 is 0 Å². The molecule has 0 saturated carbocycles. The molecule has 3 heteroatoms. The molecule has 1 fully saturated rings. The van der Waals surface area contributed by atoms with Crippen molar-refractivity contribution in [2.75, 3.05) is 0 Å². The molecule has 1 amide bonds. The molecule has 1 aromatic carbocycles. The highest BCUT2D eigenvalue weighted by molar-refractivity contribution is 5.79. The molecule has 100 valence electrons. The van der Waals surface area contributed by atoms with Gasteiger partial charge in [-0.2, -0.15) is 5.26 Å². The van der Waals surface area contributed by atoms with Crippen LogP contribution in [0.4, 0.5) is 0 Å². The molecule has 0 aliphatic carbocycles. The Balaban J connectivity index is 2.05. The van der Waals surface area contributed by atoms with Crippen molar-refractivity contribution < 1.29 is 4.79 Å². The van der Waals surface area contributed by atoms with E-state index in [1.165, 1.54) is 0 Å². The van der Waals surface area contributed by atoms with E-state index in [2.05, 4.69) is 24.8 Å². The largest absolute Gasteiger partial charge is 0.337 e. The Kier molecular flexibility index (Phi) is 4.21. The first kappa shape index (κ1) is 13.6. The molecule has 2 atom stereocenters. The van der Waals surface area contributed by atoms with E-state index in [1.807, 2.05) is 12.1 Å². The van der Waals surface area contributed by atoms with Crippen molar-refractivity contribution in [3.8, 4) is 6.07 Å². The second-order valence-corrected chi connectivity index (χ2v) is 5.27. The quantitative estimate of drug-likeness (QED) is 0.834. The number of benzene rings is 1. The number of carbonyl (C=O) groups excluding carboxylic acids is 1. The molecular formula is C16H20N2O. The van der Waals surface area contributed by atoms with Gasteiger partial charge in [0.25, 0.3) is 0 Å². The summed E-state index contributed by atoms with van der Waals surface area (Å²) in [6.07, 6.45) is 3.70. The third-order valence-corrected chi connectivity index (χ3v) is 3.98. The summed E-state index contributed by atoms with van der Waals surface area (Å²) in [5.74, 6) is 0.210. The molecule has 0 bridgehead atoms. The van der Waals surface area contributed by atoms with Crippen LogP contribution in [0.5, 0.6) is 0 Å². The lowest BCUT2D eigenvalue weighted by atomic mass is 10.1. The molecule has 19 heavy (non-hydrogen) atoms. The number of amides is 1. The predicted octanol–water partition coefficient (Wildman–Crippen LogP) is 2.89. The van der Waals surface area contributed by atoms with Crippen LogP contribution in [0.3, 0.4) is 0 Å². The maximum absolute atomic E-state index is 12.4. The van der Waals surface area contributed by atoms with Crippen LogP contribution in [0.15, 0.2) is 24.3 Å². The number of likely N-dealkylation sites (tertiary alicyclic amines) is 1. The van der Waals surface area contributed by atoms with E-state index in [0.29, 0.717) is 24.1 Å². The van der Waals surface area contributed by atoms with Gasteiger partial charge in [-0.25, -0.2) is 0 Å². The van der Waals surface area contributed by atoms with Gasteiger partial charge in [-0.1, -0.05) is 19.1 Å². The number of carbonyl (C=O) groups is 1. The Morgan fingerprint density at radius 2 is 2.05 bits per heavy atom. The van der Waals surface area contributed by atoms with Crippen LogP contribution in [0.25, 0.3) is 0 Å². The summed E-state index contributed by atoms with van der Waals surface area (Å²) in [7, 11) is 0. The van der Waals surface area contributed by atoms with E-state index in [9.17, 15) is 4.79 Å². The Labute approximate surface area is 114 Å². The number of nitrogens with zero attached hydrogens (tertiary/aromatic N) is 2. The lowest BCUT2D eigenvalue weighted by molar-refractivity contribution is -0.133. The van der Waals surface area contributed by atoms with Crippen molar-refractivity contribution in [3.63, 3.8) is 0 Å². The van der Waals surface area contributed by atoms with E-state index in [-0.39, 0.29) is 5.91 Å². The third kappa shape index (κ3) is 2.96. The van der Waals surface area contributed by atoms with Gasteiger partial charge in [-0.05, 0) is 43.9 Å². The molecule has 1 aromatic rings. The zero-order valence-electron chi connectivity index (χ0n) is 11.6. The molecule has 2 unspecified atom stereocenters. The van der Waals surface area contributed by atoms with Gasteiger partial charge in [0.05, 0.1) is 18.1 Å².